The third-order valence-electron chi connectivity index (χ3n) is 3.91. The number of hydrogen-bond acceptors (Lipinski definition) is 6. The highest BCUT2D eigenvalue weighted by Crippen LogP contribution is 2.24. The largest absolute Gasteiger partial charge is 0.495 e. The van der Waals surface area contributed by atoms with Crippen LogP contribution < -0.4 is 15.2 Å². The van der Waals surface area contributed by atoms with Crippen molar-refractivity contribution in [2.75, 3.05) is 14.2 Å². The van der Waals surface area contributed by atoms with E-state index in [2.05, 4.69) is 19.9 Å². The second kappa shape index (κ2) is 6.32. The highest BCUT2D eigenvalue weighted by molar-refractivity contribution is 5.75. The smallest absolute Gasteiger partial charge is 0.332 e. The summed E-state index contributed by atoms with van der Waals surface area (Å²) in [6, 6.07) is 12.6. The molecule has 1 N–H and O–H groups in total. The molecule has 0 saturated heterocycles. The van der Waals surface area contributed by atoms with Crippen LogP contribution in [0.4, 0.5) is 0 Å². The van der Waals surface area contributed by atoms with Crippen molar-refractivity contribution in [3.05, 3.63) is 59.1 Å². The van der Waals surface area contributed by atoms with Crippen molar-refractivity contribution in [2.45, 2.75) is 0 Å². The van der Waals surface area contributed by atoms with Gasteiger partial charge < -0.3 is 14.5 Å². The van der Waals surface area contributed by atoms with Crippen LogP contribution in [0.15, 0.2) is 53.5 Å². The van der Waals surface area contributed by atoms with Crippen molar-refractivity contribution in [3.63, 3.8) is 0 Å². The summed E-state index contributed by atoms with van der Waals surface area (Å²) < 4.78 is 12.0. The summed E-state index contributed by atoms with van der Waals surface area (Å²) in [6.45, 7) is 0. The van der Waals surface area contributed by atoms with Crippen LogP contribution in [0.1, 0.15) is 0 Å². The number of benzene rings is 1. The van der Waals surface area contributed by atoms with Gasteiger partial charge >= 0.3 is 5.69 Å². The molecule has 0 aliphatic carbocycles. The van der Waals surface area contributed by atoms with E-state index in [-0.39, 0.29) is 5.69 Å². The van der Waals surface area contributed by atoms with Gasteiger partial charge in [-0.1, -0.05) is 18.2 Å². The van der Waals surface area contributed by atoms with Crippen LogP contribution in [-0.2, 0) is 0 Å². The molecule has 0 spiro atoms. The number of para-hydroxylation sites is 2. The quantitative estimate of drug-likeness (QED) is 0.607. The van der Waals surface area contributed by atoms with Gasteiger partial charge in [0.2, 0.25) is 5.88 Å². The second-order valence-corrected chi connectivity index (χ2v) is 5.43. The van der Waals surface area contributed by atoms with Gasteiger partial charge in [-0.25, -0.2) is 24.3 Å². The number of H-pyrrole nitrogens is 1. The molecule has 130 valence electrons. The average molecular weight is 349 g/mol. The Kier molecular flexibility index (Phi) is 3.85. The van der Waals surface area contributed by atoms with Crippen molar-refractivity contribution in [2.24, 2.45) is 0 Å². The molecule has 0 aliphatic rings. The molecule has 4 rings (SSSR count). The fourth-order valence-corrected chi connectivity index (χ4v) is 2.71. The van der Waals surface area contributed by atoms with Gasteiger partial charge in [0.15, 0.2) is 11.5 Å². The van der Waals surface area contributed by atoms with Gasteiger partial charge in [0.1, 0.15) is 17.0 Å². The predicted octanol–water partition coefficient (Wildman–Crippen LogP) is 2.19. The zero-order chi connectivity index (χ0) is 18.1. The first-order valence-electron chi connectivity index (χ1n) is 7.84. The number of ether oxygens (including phenoxy) is 2. The van der Waals surface area contributed by atoms with Gasteiger partial charge in [0.05, 0.1) is 26.1 Å². The van der Waals surface area contributed by atoms with Crippen LogP contribution in [0.25, 0.3) is 28.4 Å². The van der Waals surface area contributed by atoms with E-state index >= 15 is 0 Å². The van der Waals surface area contributed by atoms with Crippen LogP contribution in [0, 0.1) is 0 Å². The normalized spacial score (nSPS) is 10.8. The van der Waals surface area contributed by atoms with E-state index in [4.69, 9.17) is 9.47 Å². The monoisotopic (exact) mass is 349 g/mol. The Morgan fingerprint density at radius 1 is 1.00 bits per heavy atom. The lowest BCUT2D eigenvalue weighted by Crippen LogP contribution is -2.15. The molecule has 0 unspecified atom stereocenters. The number of nitrogens with one attached hydrogen (secondary N) is 1. The molecule has 1 aromatic carbocycles. The number of aromatic nitrogens is 5. The number of hydrogen-bond donors (Lipinski definition) is 1. The minimum atomic E-state index is -0.324. The number of aromatic amines is 1. The summed E-state index contributed by atoms with van der Waals surface area (Å²) in [6.07, 6.45) is 1.56. The SMILES string of the molecule is COc1cccc(-c2ncc3[nH]c(=O)n(-c4ccccc4OC)c3n2)n1. The highest BCUT2D eigenvalue weighted by atomic mass is 16.5. The molecule has 0 saturated carbocycles. The maximum absolute atomic E-state index is 12.5. The van der Waals surface area contributed by atoms with Crippen LogP contribution in [-0.4, -0.2) is 38.7 Å². The van der Waals surface area contributed by atoms with Gasteiger partial charge in [-0.15, -0.1) is 0 Å². The maximum atomic E-state index is 12.5. The summed E-state index contributed by atoms with van der Waals surface area (Å²) in [4.78, 5) is 28.4. The number of rotatable bonds is 4. The number of nitrogens with zero attached hydrogens (tertiary/aromatic N) is 4. The Labute approximate surface area is 148 Å². The number of imidazole rings is 1. The molecular formula is C18H15N5O3. The summed E-state index contributed by atoms with van der Waals surface area (Å²) in [5, 5.41) is 0. The van der Waals surface area contributed by atoms with E-state index in [1.165, 1.54) is 4.57 Å². The zero-order valence-corrected chi connectivity index (χ0v) is 14.1. The molecule has 26 heavy (non-hydrogen) atoms. The number of methoxy groups -OCH3 is 2. The highest BCUT2D eigenvalue weighted by Gasteiger charge is 2.16. The first-order chi connectivity index (χ1) is 12.7. The van der Waals surface area contributed by atoms with Crippen LogP contribution in [0.2, 0.25) is 0 Å². The van der Waals surface area contributed by atoms with E-state index < -0.39 is 0 Å². The Morgan fingerprint density at radius 3 is 2.65 bits per heavy atom. The first kappa shape index (κ1) is 15.8. The Bertz CT molecular complexity index is 1150. The third-order valence-corrected chi connectivity index (χ3v) is 3.91. The van der Waals surface area contributed by atoms with E-state index in [0.29, 0.717) is 40.0 Å². The average Bonchev–Trinajstić information content (AvgIpc) is 3.02. The molecule has 8 heteroatoms. The van der Waals surface area contributed by atoms with Gasteiger partial charge in [-0.3, -0.25) is 0 Å². The molecular weight excluding hydrogens is 334 g/mol. The van der Waals surface area contributed by atoms with E-state index in [0.717, 1.165) is 0 Å². The molecule has 0 amide bonds. The molecule has 3 heterocycles. The van der Waals surface area contributed by atoms with Crippen LogP contribution in [0.3, 0.4) is 0 Å². The summed E-state index contributed by atoms with van der Waals surface area (Å²) in [5.74, 6) is 1.41. The number of fused-ring (bicyclic) bond motifs is 1. The minimum Gasteiger partial charge on any atom is -0.495 e. The van der Waals surface area contributed by atoms with E-state index in [9.17, 15) is 4.79 Å². The molecule has 0 atom stereocenters. The van der Waals surface area contributed by atoms with E-state index in [1.54, 1.807) is 50.7 Å². The minimum absolute atomic E-state index is 0.324. The van der Waals surface area contributed by atoms with Crippen molar-refractivity contribution < 1.29 is 9.47 Å². The van der Waals surface area contributed by atoms with E-state index in [1.807, 2.05) is 12.1 Å². The molecule has 0 fully saturated rings. The van der Waals surface area contributed by atoms with Crippen molar-refractivity contribution in [1.82, 2.24) is 24.5 Å². The Hall–Kier alpha value is -3.68. The summed E-state index contributed by atoms with van der Waals surface area (Å²) in [7, 11) is 3.10. The van der Waals surface area contributed by atoms with Crippen molar-refractivity contribution >= 4 is 11.2 Å². The second-order valence-electron chi connectivity index (χ2n) is 5.43. The zero-order valence-electron chi connectivity index (χ0n) is 14.1. The fraction of sp³-hybridized carbons (Fsp3) is 0.111. The van der Waals surface area contributed by atoms with Gasteiger partial charge in [0.25, 0.3) is 0 Å². The van der Waals surface area contributed by atoms with Gasteiger partial charge in [-0.05, 0) is 18.2 Å². The van der Waals surface area contributed by atoms with Crippen molar-refractivity contribution in [1.29, 1.82) is 0 Å². The molecule has 4 aromatic rings. The molecule has 8 nitrogen and oxygen atoms in total. The molecule has 0 bridgehead atoms. The predicted molar refractivity (Wildman–Crippen MR) is 95.8 cm³/mol. The topological polar surface area (TPSA) is 94.9 Å². The summed E-state index contributed by atoms with van der Waals surface area (Å²) >= 11 is 0. The van der Waals surface area contributed by atoms with Crippen LogP contribution >= 0.6 is 0 Å². The van der Waals surface area contributed by atoms with Crippen LogP contribution in [0.5, 0.6) is 11.6 Å². The van der Waals surface area contributed by atoms with Gasteiger partial charge in [-0.2, -0.15) is 0 Å². The summed E-state index contributed by atoms with van der Waals surface area (Å²) in [5.41, 5.74) is 1.78. The lowest BCUT2D eigenvalue weighted by Gasteiger charge is -2.09. The first-order valence-corrected chi connectivity index (χ1v) is 7.84. The lowest BCUT2D eigenvalue weighted by molar-refractivity contribution is 0.398. The van der Waals surface area contributed by atoms with Crippen molar-refractivity contribution in [3.8, 4) is 28.8 Å². The molecule has 0 radical (unpaired) electrons. The molecule has 0 aliphatic heterocycles. The maximum Gasteiger partial charge on any atom is 0.332 e. The standard InChI is InChI=1S/C18H15N5O3/c1-25-14-8-4-3-7-13(14)23-17-12(21-18(23)24)10-19-16(22-17)11-6-5-9-15(20-11)26-2/h3-10H,1-2H3,(H,21,24). The number of pyridine rings is 1. The lowest BCUT2D eigenvalue weighted by atomic mass is 10.3. The Balaban J connectivity index is 1.95. The molecule has 3 aromatic heterocycles. The van der Waals surface area contributed by atoms with Gasteiger partial charge in [0, 0.05) is 6.07 Å². The Morgan fingerprint density at radius 2 is 1.85 bits per heavy atom. The third kappa shape index (κ3) is 2.57. The fourth-order valence-electron chi connectivity index (χ4n) is 2.71.